The van der Waals surface area contributed by atoms with Crippen LogP contribution in [0.25, 0.3) is 0 Å². The Morgan fingerprint density at radius 1 is 0.722 bits per heavy atom. The third-order valence-electron chi connectivity index (χ3n) is 1.03. The van der Waals surface area contributed by atoms with Gasteiger partial charge in [-0.25, -0.2) is 0 Å². The molecule has 2 N–H and O–H groups in total. The summed E-state index contributed by atoms with van der Waals surface area (Å²) in [6.45, 7) is 0. The molecule has 0 aromatic heterocycles. The molecule has 0 saturated heterocycles. The molecule has 0 amide bonds. The molecule has 0 radical (unpaired) electrons. The number of hydrogen-bond donors (Lipinski definition) is 2. The van der Waals surface area contributed by atoms with Gasteiger partial charge in [-0.05, 0) is 55.1 Å². The summed E-state index contributed by atoms with van der Waals surface area (Å²) in [6.07, 6.45) is 1.02. The Balaban J connectivity index is -0.000000233. The third kappa shape index (κ3) is 83.1. The van der Waals surface area contributed by atoms with Gasteiger partial charge in [0.1, 0.15) is 0 Å². The summed E-state index contributed by atoms with van der Waals surface area (Å²) in [4.78, 5) is 23.8. The SMILES string of the molecule is CN(C)C.CN(C)C.O=C(O)CCCCC(=O)O. The van der Waals surface area contributed by atoms with Gasteiger partial charge in [0.05, 0.1) is 0 Å². The van der Waals surface area contributed by atoms with E-state index in [0.717, 1.165) is 0 Å². The summed E-state index contributed by atoms with van der Waals surface area (Å²) in [5.41, 5.74) is 0. The van der Waals surface area contributed by atoms with Gasteiger partial charge in [0.15, 0.2) is 0 Å². The van der Waals surface area contributed by atoms with Crippen LogP contribution in [0, 0.1) is 0 Å². The van der Waals surface area contributed by atoms with Gasteiger partial charge in [-0.3, -0.25) is 9.59 Å². The molecular weight excluding hydrogens is 236 g/mol. The highest BCUT2D eigenvalue weighted by atomic mass is 16.4. The van der Waals surface area contributed by atoms with E-state index < -0.39 is 11.9 Å². The second-order valence-corrected chi connectivity index (χ2v) is 4.68. The number of hydrogen-bond acceptors (Lipinski definition) is 4. The topological polar surface area (TPSA) is 81.1 Å². The van der Waals surface area contributed by atoms with Gasteiger partial charge < -0.3 is 20.0 Å². The van der Waals surface area contributed by atoms with Gasteiger partial charge in [-0.15, -0.1) is 0 Å². The lowest BCUT2D eigenvalue weighted by Gasteiger charge is -1.92. The van der Waals surface area contributed by atoms with Crippen LogP contribution in [0.5, 0.6) is 0 Å². The Morgan fingerprint density at radius 3 is 1.00 bits per heavy atom. The van der Waals surface area contributed by atoms with Crippen LogP contribution < -0.4 is 0 Å². The van der Waals surface area contributed by atoms with Crippen molar-refractivity contribution in [3.05, 3.63) is 0 Å². The maximum atomic E-state index is 9.90. The van der Waals surface area contributed by atoms with E-state index in [1.165, 1.54) is 0 Å². The summed E-state index contributed by atoms with van der Waals surface area (Å²) >= 11 is 0. The Bertz CT molecular complexity index is 179. The monoisotopic (exact) mass is 264 g/mol. The molecule has 6 heteroatoms. The molecule has 0 aromatic carbocycles. The molecule has 18 heavy (non-hydrogen) atoms. The van der Waals surface area contributed by atoms with Gasteiger partial charge in [0.2, 0.25) is 0 Å². The Kier molecular flexibility index (Phi) is 19.5. The summed E-state index contributed by atoms with van der Waals surface area (Å²) < 4.78 is 0. The van der Waals surface area contributed by atoms with E-state index in [0.29, 0.717) is 12.8 Å². The van der Waals surface area contributed by atoms with Crippen LogP contribution in [0.1, 0.15) is 25.7 Å². The molecular formula is C12H28N2O4. The van der Waals surface area contributed by atoms with E-state index in [9.17, 15) is 9.59 Å². The second kappa shape index (κ2) is 15.9. The zero-order valence-electron chi connectivity index (χ0n) is 12.4. The van der Waals surface area contributed by atoms with Crippen molar-refractivity contribution in [2.75, 3.05) is 42.3 Å². The summed E-state index contributed by atoms with van der Waals surface area (Å²) in [5.74, 6) is -1.74. The van der Waals surface area contributed by atoms with Crippen LogP contribution in [-0.4, -0.2) is 74.2 Å². The normalized spacial score (nSPS) is 9.11. The molecule has 110 valence electrons. The van der Waals surface area contributed by atoms with E-state index in [4.69, 9.17) is 10.2 Å². The molecule has 0 unspecified atom stereocenters. The lowest BCUT2D eigenvalue weighted by Crippen LogP contribution is -1.99. The Morgan fingerprint density at radius 2 is 0.889 bits per heavy atom. The van der Waals surface area contributed by atoms with Crippen molar-refractivity contribution < 1.29 is 19.8 Å². The molecule has 0 aliphatic rings. The number of carbonyl (C=O) groups is 2. The predicted molar refractivity (Wildman–Crippen MR) is 73.0 cm³/mol. The molecule has 0 fully saturated rings. The van der Waals surface area contributed by atoms with Crippen molar-refractivity contribution in [1.29, 1.82) is 0 Å². The van der Waals surface area contributed by atoms with Crippen LogP contribution in [0.2, 0.25) is 0 Å². The van der Waals surface area contributed by atoms with E-state index in [1.54, 1.807) is 0 Å². The minimum absolute atomic E-state index is 0.0628. The molecule has 0 spiro atoms. The average molecular weight is 264 g/mol. The molecule has 0 heterocycles. The Hall–Kier alpha value is -1.14. The minimum atomic E-state index is -0.870. The number of aliphatic carboxylic acids is 2. The molecule has 6 nitrogen and oxygen atoms in total. The predicted octanol–water partition coefficient (Wildman–Crippen LogP) is 1.07. The van der Waals surface area contributed by atoms with Gasteiger partial charge in [-0.1, -0.05) is 0 Å². The maximum absolute atomic E-state index is 9.90. The lowest BCUT2D eigenvalue weighted by atomic mass is 10.2. The standard InChI is InChI=1S/C6H10O4.2C3H9N/c7-5(8)3-1-2-4-6(9)10;2*1-4(2)3/h1-4H2,(H,7,8)(H,9,10);2*1-3H3. The molecule has 0 aliphatic heterocycles. The van der Waals surface area contributed by atoms with Crippen molar-refractivity contribution in [2.24, 2.45) is 0 Å². The number of carboxylic acid groups (broad SMARTS) is 2. The van der Waals surface area contributed by atoms with Crippen LogP contribution in [-0.2, 0) is 9.59 Å². The molecule has 0 aliphatic carbocycles. The fraction of sp³-hybridized carbons (Fsp3) is 0.833. The van der Waals surface area contributed by atoms with Crippen molar-refractivity contribution >= 4 is 11.9 Å². The van der Waals surface area contributed by atoms with Gasteiger partial charge in [0, 0.05) is 12.8 Å². The first kappa shape index (κ1) is 22.1. The smallest absolute Gasteiger partial charge is 0.303 e. The number of unbranched alkanes of at least 4 members (excludes halogenated alkanes) is 1. The average Bonchev–Trinajstić information content (AvgIpc) is 2.09. The highest BCUT2D eigenvalue weighted by Crippen LogP contribution is 1.98. The zero-order valence-corrected chi connectivity index (χ0v) is 12.4. The highest BCUT2D eigenvalue weighted by molar-refractivity contribution is 5.67. The summed E-state index contributed by atoms with van der Waals surface area (Å²) in [7, 11) is 12.0. The number of rotatable bonds is 5. The third-order valence-corrected chi connectivity index (χ3v) is 1.03. The summed E-state index contributed by atoms with van der Waals surface area (Å²) in [5, 5.41) is 16.3. The fourth-order valence-electron chi connectivity index (χ4n) is 0.552. The Labute approximate surface area is 110 Å². The van der Waals surface area contributed by atoms with Crippen LogP contribution in [0.4, 0.5) is 0 Å². The van der Waals surface area contributed by atoms with E-state index in [-0.39, 0.29) is 12.8 Å². The van der Waals surface area contributed by atoms with Crippen molar-refractivity contribution in [1.82, 2.24) is 9.80 Å². The largest absolute Gasteiger partial charge is 0.481 e. The number of carboxylic acids is 2. The number of nitrogens with zero attached hydrogens (tertiary/aromatic N) is 2. The minimum Gasteiger partial charge on any atom is -0.481 e. The molecule has 0 bridgehead atoms. The van der Waals surface area contributed by atoms with Crippen molar-refractivity contribution in [2.45, 2.75) is 25.7 Å². The van der Waals surface area contributed by atoms with Crippen LogP contribution >= 0.6 is 0 Å². The van der Waals surface area contributed by atoms with Crippen LogP contribution in [0.15, 0.2) is 0 Å². The summed E-state index contributed by atoms with van der Waals surface area (Å²) in [6, 6.07) is 0. The van der Waals surface area contributed by atoms with Crippen LogP contribution in [0.3, 0.4) is 0 Å². The first-order chi connectivity index (χ1) is 8.09. The van der Waals surface area contributed by atoms with Gasteiger partial charge in [-0.2, -0.15) is 0 Å². The lowest BCUT2D eigenvalue weighted by molar-refractivity contribution is -0.139. The molecule has 0 rings (SSSR count). The molecule has 0 saturated carbocycles. The molecule has 0 atom stereocenters. The maximum Gasteiger partial charge on any atom is 0.303 e. The quantitative estimate of drug-likeness (QED) is 0.723. The van der Waals surface area contributed by atoms with E-state index in [2.05, 4.69) is 0 Å². The van der Waals surface area contributed by atoms with E-state index >= 15 is 0 Å². The first-order valence-electron chi connectivity index (χ1n) is 5.75. The van der Waals surface area contributed by atoms with Crippen molar-refractivity contribution in [3.63, 3.8) is 0 Å². The molecule has 0 aromatic rings. The highest BCUT2D eigenvalue weighted by Gasteiger charge is 1.99. The van der Waals surface area contributed by atoms with E-state index in [1.807, 2.05) is 52.1 Å². The second-order valence-electron chi connectivity index (χ2n) is 4.68. The van der Waals surface area contributed by atoms with Crippen molar-refractivity contribution in [3.8, 4) is 0 Å². The van der Waals surface area contributed by atoms with Gasteiger partial charge in [0.25, 0.3) is 0 Å². The zero-order chi connectivity index (χ0) is 15.1. The fourth-order valence-corrected chi connectivity index (χ4v) is 0.552. The van der Waals surface area contributed by atoms with Gasteiger partial charge >= 0.3 is 11.9 Å². The first-order valence-corrected chi connectivity index (χ1v) is 5.75.